The second-order valence-electron chi connectivity index (χ2n) is 5.58. The number of para-hydroxylation sites is 1. The molecular formula is C17H26IN5OS. The van der Waals surface area contributed by atoms with Crippen LogP contribution in [-0.4, -0.2) is 51.1 Å². The number of ether oxygens (including phenoxy) is 1. The van der Waals surface area contributed by atoms with E-state index < -0.39 is 0 Å². The van der Waals surface area contributed by atoms with Crippen LogP contribution in [-0.2, 0) is 13.1 Å². The van der Waals surface area contributed by atoms with Gasteiger partial charge in [0.05, 0.1) is 19.3 Å². The number of aromatic nitrogens is 1. The Hall–Kier alpha value is -1.55. The molecule has 0 amide bonds. The Morgan fingerprint density at radius 1 is 1.28 bits per heavy atom. The molecule has 1 N–H and O–H groups in total. The molecule has 0 bridgehead atoms. The molecule has 1 aromatic heterocycles. The number of methoxy groups -OCH3 is 1. The molecule has 2 aromatic rings. The molecule has 8 heteroatoms. The van der Waals surface area contributed by atoms with Crippen molar-refractivity contribution in [1.29, 1.82) is 0 Å². The highest BCUT2D eigenvalue weighted by Crippen LogP contribution is 2.19. The zero-order valence-corrected chi connectivity index (χ0v) is 18.5. The summed E-state index contributed by atoms with van der Waals surface area (Å²) in [5.41, 5.74) is 2.13. The topological polar surface area (TPSA) is 53.0 Å². The van der Waals surface area contributed by atoms with Crippen LogP contribution in [0.1, 0.15) is 11.3 Å². The minimum absolute atomic E-state index is 0. The van der Waals surface area contributed by atoms with Crippen molar-refractivity contribution in [1.82, 2.24) is 15.2 Å². The molecule has 0 saturated heterocycles. The summed E-state index contributed by atoms with van der Waals surface area (Å²) in [4.78, 5) is 13.0. The number of aliphatic imine (C=N–C) groups is 1. The van der Waals surface area contributed by atoms with Crippen LogP contribution in [0.5, 0.6) is 5.75 Å². The molecule has 2 rings (SSSR count). The van der Waals surface area contributed by atoms with Gasteiger partial charge < -0.3 is 19.9 Å². The number of rotatable bonds is 6. The van der Waals surface area contributed by atoms with Crippen molar-refractivity contribution in [3.63, 3.8) is 0 Å². The molecule has 1 aromatic carbocycles. The minimum atomic E-state index is 0. The van der Waals surface area contributed by atoms with Gasteiger partial charge in [-0.3, -0.25) is 4.99 Å². The quantitative estimate of drug-likeness (QED) is 0.396. The fourth-order valence-electron chi connectivity index (χ4n) is 2.30. The van der Waals surface area contributed by atoms with E-state index >= 15 is 0 Å². The van der Waals surface area contributed by atoms with Gasteiger partial charge in [0.1, 0.15) is 5.75 Å². The molecule has 0 saturated carbocycles. The van der Waals surface area contributed by atoms with Gasteiger partial charge in [0, 0.05) is 45.7 Å². The van der Waals surface area contributed by atoms with Crippen molar-refractivity contribution in [3.8, 4) is 5.75 Å². The summed E-state index contributed by atoms with van der Waals surface area (Å²) in [6.45, 7) is 1.36. The third-order valence-corrected chi connectivity index (χ3v) is 4.58. The molecule has 1 heterocycles. The molecule has 0 aliphatic carbocycles. The van der Waals surface area contributed by atoms with E-state index in [-0.39, 0.29) is 24.0 Å². The third kappa shape index (κ3) is 6.03. The van der Waals surface area contributed by atoms with Gasteiger partial charge in [0.15, 0.2) is 11.1 Å². The third-order valence-electron chi connectivity index (χ3n) is 3.52. The summed E-state index contributed by atoms with van der Waals surface area (Å²) in [6, 6.07) is 8.02. The first kappa shape index (κ1) is 21.5. The smallest absolute Gasteiger partial charge is 0.194 e. The molecule has 0 aliphatic heterocycles. The fraction of sp³-hybridized carbons (Fsp3) is 0.412. The van der Waals surface area contributed by atoms with Crippen LogP contribution in [0.2, 0.25) is 0 Å². The van der Waals surface area contributed by atoms with Gasteiger partial charge in [0.2, 0.25) is 0 Å². The first-order valence-electron chi connectivity index (χ1n) is 7.70. The normalized spacial score (nSPS) is 10.8. The van der Waals surface area contributed by atoms with E-state index in [1.807, 2.05) is 44.2 Å². The van der Waals surface area contributed by atoms with Crippen LogP contribution in [0.15, 0.2) is 34.6 Å². The van der Waals surface area contributed by atoms with Gasteiger partial charge in [-0.25, -0.2) is 4.98 Å². The Labute approximate surface area is 170 Å². The average Bonchev–Trinajstić information content (AvgIpc) is 3.05. The maximum Gasteiger partial charge on any atom is 0.194 e. The number of thiazole rings is 1. The van der Waals surface area contributed by atoms with Gasteiger partial charge in [-0.2, -0.15) is 0 Å². The lowest BCUT2D eigenvalue weighted by Gasteiger charge is -2.22. The van der Waals surface area contributed by atoms with Crippen LogP contribution in [0, 0.1) is 0 Å². The zero-order chi connectivity index (χ0) is 17.5. The summed E-state index contributed by atoms with van der Waals surface area (Å²) < 4.78 is 5.41. The molecule has 0 spiro atoms. The standard InChI is InChI=1S/C17H25N5OS.HI/c1-18-16(19-10-14-12-24-17(20-14)21(2)3)22(4)11-13-8-6-7-9-15(13)23-5;/h6-9,12H,10-11H2,1-5H3,(H,18,19);1H. The van der Waals surface area contributed by atoms with Gasteiger partial charge in [-0.05, 0) is 6.07 Å². The van der Waals surface area contributed by atoms with Gasteiger partial charge in [0.25, 0.3) is 0 Å². The number of halogens is 1. The lowest BCUT2D eigenvalue weighted by Crippen LogP contribution is -2.38. The highest BCUT2D eigenvalue weighted by Gasteiger charge is 2.11. The maximum absolute atomic E-state index is 5.41. The molecule has 0 radical (unpaired) electrons. The van der Waals surface area contributed by atoms with Crippen LogP contribution < -0.4 is 15.0 Å². The lowest BCUT2D eigenvalue weighted by molar-refractivity contribution is 0.396. The van der Waals surface area contributed by atoms with E-state index in [0.717, 1.165) is 28.1 Å². The summed E-state index contributed by atoms with van der Waals surface area (Å²) in [5.74, 6) is 1.70. The number of nitrogens with zero attached hydrogens (tertiary/aromatic N) is 4. The van der Waals surface area contributed by atoms with E-state index in [1.165, 1.54) is 0 Å². The van der Waals surface area contributed by atoms with Crippen LogP contribution >= 0.6 is 35.3 Å². The van der Waals surface area contributed by atoms with E-state index in [4.69, 9.17) is 4.74 Å². The van der Waals surface area contributed by atoms with Crippen molar-refractivity contribution in [2.24, 2.45) is 4.99 Å². The summed E-state index contributed by atoms with van der Waals surface area (Å²) in [5, 5.41) is 6.43. The predicted molar refractivity (Wildman–Crippen MR) is 117 cm³/mol. The monoisotopic (exact) mass is 475 g/mol. The van der Waals surface area contributed by atoms with Gasteiger partial charge >= 0.3 is 0 Å². The second kappa shape index (κ2) is 10.4. The van der Waals surface area contributed by atoms with Crippen molar-refractivity contribution in [3.05, 3.63) is 40.9 Å². The molecule has 138 valence electrons. The minimum Gasteiger partial charge on any atom is -0.496 e. The molecule has 0 atom stereocenters. The number of benzene rings is 1. The number of guanidine groups is 1. The number of hydrogen-bond acceptors (Lipinski definition) is 5. The first-order valence-corrected chi connectivity index (χ1v) is 8.58. The SMILES string of the molecule is CN=C(NCc1csc(N(C)C)n1)N(C)Cc1ccccc1OC.I. The Kier molecular flexibility index (Phi) is 8.98. The van der Waals surface area contributed by atoms with Crippen molar-refractivity contribution in [2.75, 3.05) is 40.2 Å². The summed E-state index contributed by atoms with van der Waals surface area (Å²) in [7, 11) is 9.48. The zero-order valence-electron chi connectivity index (χ0n) is 15.3. The Balaban J connectivity index is 0.00000312. The lowest BCUT2D eigenvalue weighted by atomic mass is 10.2. The van der Waals surface area contributed by atoms with E-state index in [9.17, 15) is 0 Å². The Morgan fingerprint density at radius 2 is 2.00 bits per heavy atom. The molecule has 25 heavy (non-hydrogen) atoms. The van der Waals surface area contributed by atoms with Crippen molar-refractivity contribution >= 4 is 46.4 Å². The molecule has 0 unspecified atom stereocenters. The van der Waals surface area contributed by atoms with Gasteiger partial charge in [-0.15, -0.1) is 35.3 Å². The maximum atomic E-state index is 5.41. The highest BCUT2D eigenvalue weighted by atomic mass is 127. The van der Waals surface area contributed by atoms with Crippen molar-refractivity contribution in [2.45, 2.75) is 13.1 Å². The fourth-order valence-corrected chi connectivity index (χ4v) is 3.06. The predicted octanol–water partition coefficient (Wildman–Crippen LogP) is 3.04. The second-order valence-corrected chi connectivity index (χ2v) is 6.42. The van der Waals surface area contributed by atoms with Crippen LogP contribution in [0.4, 0.5) is 5.13 Å². The first-order chi connectivity index (χ1) is 11.5. The largest absolute Gasteiger partial charge is 0.496 e. The van der Waals surface area contributed by atoms with E-state index in [2.05, 4.69) is 31.6 Å². The number of hydrogen-bond donors (Lipinski definition) is 1. The van der Waals surface area contributed by atoms with Crippen LogP contribution in [0.25, 0.3) is 0 Å². The Bertz CT molecular complexity index is 689. The Morgan fingerprint density at radius 3 is 2.60 bits per heavy atom. The molecule has 0 aliphatic rings. The van der Waals surface area contributed by atoms with E-state index in [1.54, 1.807) is 25.5 Å². The molecular weight excluding hydrogens is 449 g/mol. The molecule has 6 nitrogen and oxygen atoms in total. The molecule has 0 fully saturated rings. The van der Waals surface area contributed by atoms with Crippen LogP contribution in [0.3, 0.4) is 0 Å². The average molecular weight is 475 g/mol. The van der Waals surface area contributed by atoms with Gasteiger partial charge in [-0.1, -0.05) is 18.2 Å². The van der Waals surface area contributed by atoms with Crippen molar-refractivity contribution < 1.29 is 4.74 Å². The summed E-state index contributed by atoms with van der Waals surface area (Å²) in [6.07, 6.45) is 0. The summed E-state index contributed by atoms with van der Waals surface area (Å²) >= 11 is 1.64. The number of nitrogens with one attached hydrogen (secondary N) is 1. The number of anilines is 1. The van der Waals surface area contributed by atoms with E-state index in [0.29, 0.717) is 13.1 Å². The highest BCUT2D eigenvalue weighted by molar-refractivity contribution is 14.0.